The van der Waals surface area contributed by atoms with Gasteiger partial charge in [-0.15, -0.1) is 0 Å². The van der Waals surface area contributed by atoms with Gasteiger partial charge >= 0.3 is 0 Å². The van der Waals surface area contributed by atoms with Gasteiger partial charge in [0.1, 0.15) is 0 Å². The van der Waals surface area contributed by atoms with Crippen LogP contribution in [0, 0.1) is 12.8 Å². The average molecular weight is 234 g/mol. The molecule has 0 aliphatic heterocycles. The molecule has 1 aromatic heterocycles. The predicted octanol–water partition coefficient (Wildman–Crippen LogP) is 3.35. The summed E-state index contributed by atoms with van der Waals surface area (Å²) in [6, 6.07) is 4.86. The number of aromatic nitrogens is 1. The van der Waals surface area contributed by atoms with E-state index in [4.69, 9.17) is 0 Å². The van der Waals surface area contributed by atoms with E-state index in [1.807, 2.05) is 6.20 Å². The average Bonchev–Trinajstić information content (AvgIpc) is 2.28. The van der Waals surface area contributed by atoms with Gasteiger partial charge in [0.15, 0.2) is 0 Å². The van der Waals surface area contributed by atoms with Gasteiger partial charge in [0, 0.05) is 24.4 Å². The molecular formula is C15H26N2. The van der Waals surface area contributed by atoms with Crippen molar-refractivity contribution in [1.29, 1.82) is 0 Å². The number of pyridine rings is 1. The summed E-state index contributed by atoms with van der Waals surface area (Å²) in [6.45, 7) is 9.96. The first-order valence-electron chi connectivity index (χ1n) is 6.76. The Kier molecular flexibility index (Phi) is 6.20. The Morgan fingerprint density at radius 3 is 2.59 bits per heavy atom. The number of aryl methyl sites for hydroxylation is 1. The first kappa shape index (κ1) is 14.2. The van der Waals surface area contributed by atoms with Crippen LogP contribution in [0.1, 0.15) is 44.9 Å². The first-order valence-corrected chi connectivity index (χ1v) is 6.76. The van der Waals surface area contributed by atoms with E-state index in [9.17, 15) is 0 Å². The Morgan fingerprint density at radius 1 is 1.29 bits per heavy atom. The van der Waals surface area contributed by atoms with Crippen molar-refractivity contribution >= 4 is 0 Å². The Morgan fingerprint density at radius 2 is 2.06 bits per heavy atom. The highest BCUT2D eigenvalue weighted by Crippen LogP contribution is 2.10. The van der Waals surface area contributed by atoms with E-state index in [1.165, 1.54) is 24.1 Å². The molecule has 1 unspecified atom stereocenters. The zero-order chi connectivity index (χ0) is 12.7. The highest BCUT2D eigenvalue weighted by molar-refractivity contribution is 5.13. The molecule has 0 fully saturated rings. The summed E-state index contributed by atoms with van der Waals surface area (Å²) in [7, 11) is 0. The van der Waals surface area contributed by atoms with Crippen molar-refractivity contribution < 1.29 is 0 Å². The molecule has 0 aromatic carbocycles. The molecule has 2 nitrogen and oxygen atoms in total. The number of hydrogen-bond acceptors (Lipinski definition) is 2. The van der Waals surface area contributed by atoms with Crippen molar-refractivity contribution in [3.05, 3.63) is 29.6 Å². The zero-order valence-electron chi connectivity index (χ0n) is 11.7. The minimum absolute atomic E-state index is 0.560. The third kappa shape index (κ3) is 5.83. The Bertz CT molecular complexity index is 303. The number of nitrogens with one attached hydrogen (secondary N) is 1. The van der Waals surface area contributed by atoms with E-state index >= 15 is 0 Å². The van der Waals surface area contributed by atoms with E-state index in [0.717, 1.165) is 18.9 Å². The lowest BCUT2D eigenvalue weighted by Crippen LogP contribution is -2.33. The molecule has 0 radical (unpaired) electrons. The smallest absolute Gasteiger partial charge is 0.0419 e. The molecule has 0 saturated carbocycles. The predicted molar refractivity (Wildman–Crippen MR) is 74.2 cm³/mol. The summed E-state index contributed by atoms with van der Waals surface area (Å²) < 4.78 is 0. The second-order valence-corrected chi connectivity index (χ2v) is 5.31. The van der Waals surface area contributed by atoms with Gasteiger partial charge in [0.2, 0.25) is 0 Å². The van der Waals surface area contributed by atoms with Gasteiger partial charge in [-0.05, 0) is 43.9 Å². The summed E-state index contributed by atoms with van der Waals surface area (Å²) in [5.74, 6) is 0.731. The summed E-state index contributed by atoms with van der Waals surface area (Å²) in [5, 5.41) is 3.62. The minimum Gasteiger partial charge on any atom is -0.314 e. The Balaban J connectivity index is 2.54. The van der Waals surface area contributed by atoms with Crippen molar-refractivity contribution in [2.75, 3.05) is 6.54 Å². The maximum atomic E-state index is 4.49. The van der Waals surface area contributed by atoms with Crippen LogP contribution < -0.4 is 5.32 Å². The van der Waals surface area contributed by atoms with Crippen LogP contribution in [0.15, 0.2) is 18.3 Å². The van der Waals surface area contributed by atoms with Crippen molar-refractivity contribution in [2.24, 2.45) is 5.92 Å². The quantitative estimate of drug-likeness (QED) is 0.782. The Labute approximate surface area is 106 Å². The molecule has 0 saturated heterocycles. The van der Waals surface area contributed by atoms with Crippen molar-refractivity contribution in [1.82, 2.24) is 10.3 Å². The third-order valence-electron chi connectivity index (χ3n) is 2.87. The summed E-state index contributed by atoms with van der Waals surface area (Å²) >= 11 is 0. The molecule has 1 rings (SSSR count). The maximum absolute atomic E-state index is 4.49. The van der Waals surface area contributed by atoms with Gasteiger partial charge in [-0.25, -0.2) is 0 Å². The van der Waals surface area contributed by atoms with Crippen LogP contribution in [-0.2, 0) is 6.42 Å². The number of rotatable bonds is 7. The van der Waals surface area contributed by atoms with Crippen molar-refractivity contribution in [3.63, 3.8) is 0 Å². The maximum Gasteiger partial charge on any atom is 0.0419 e. The van der Waals surface area contributed by atoms with Gasteiger partial charge in [0.25, 0.3) is 0 Å². The third-order valence-corrected chi connectivity index (χ3v) is 2.87. The van der Waals surface area contributed by atoms with Gasteiger partial charge in [-0.1, -0.05) is 26.8 Å². The van der Waals surface area contributed by atoms with Crippen LogP contribution in [0.25, 0.3) is 0 Å². The van der Waals surface area contributed by atoms with Crippen molar-refractivity contribution in [2.45, 2.75) is 53.0 Å². The zero-order valence-corrected chi connectivity index (χ0v) is 11.7. The van der Waals surface area contributed by atoms with E-state index in [-0.39, 0.29) is 0 Å². The number of nitrogens with zero attached hydrogens (tertiary/aromatic N) is 1. The topological polar surface area (TPSA) is 24.9 Å². The molecule has 1 heterocycles. The Hall–Kier alpha value is -0.890. The van der Waals surface area contributed by atoms with Crippen LogP contribution in [0.5, 0.6) is 0 Å². The van der Waals surface area contributed by atoms with Crippen LogP contribution in [0.4, 0.5) is 0 Å². The SMILES string of the molecule is CCCNC(Cc1ccc(C)cn1)CC(C)C. The van der Waals surface area contributed by atoms with Crippen LogP contribution in [0.3, 0.4) is 0 Å². The molecule has 1 aromatic rings. The fourth-order valence-electron chi connectivity index (χ4n) is 2.03. The second-order valence-electron chi connectivity index (χ2n) is 5.31. The summed E-state index contributed by atoms with van der Waals surface area (Å²) in [6.07, 6.45) is 5.41. The fraction of sp³-hybridized carbons (Fsp3) is 0.667. The van der Waals surface area contributed by atoms with Gasteiger partial charge in [0.05, 0.1) is 0 Å². The highest BCUT2D eigenvalue weighted by Gasteiger charge is 2.11. The lowest BCUT2D eigenvalue weighted by molar-refractivity contribution is 0.414. The standard InChI is InChI=1S/C15H26N2/c1-5-8-16-15(9-12(2)3)10-14-7-6-13(4)11-17-14/h6-7,11-12,15-16H,5,8-10H2,1-4H3. The fourth-order valence-corrected chi connectivity index (χ4v) is 2.03. The first-order chi connectivity index (χ1) is 8.11. The minimum atomic E-state index is 0.560. The normalized spacial score (nSPS) is 13.0. The largest absolute Gasteiger partial charge is 0.314 e. The van der Waals surface area contributed by atoms with Gasteiger partial charge in [-0.2, -0.15) is 0 Å². The van der Waals surface area contributed by atoms with E-state index < -0.39 is 0 Å². The molecule has 0 aliphatic rings. The monoisotopic (exact) mass is 234 g/mol. The lowest BCUT2D eigenvalue weighted by atomic mass is 9.99. The van der Waals surface area contributed by atoms with E-state index in [1.54, 1.807) is 0 Å². The molecule has 0 bridgehead atoms. The van der Waals surface area contributed by atoms with Gasteiger partial charge < -0.3 is 5.32 Å². The van der Waals surface area contributed by atoms with Crippen LogP contribution >= 0.6 is 0 Å². The molecule has 17 heavy (non-hydrogen) atoms. The molecule has 1 N–H and O–H groups in total. The van der Waals surface area contributed by atoms with E-state index in [2.05, 4.69) is 50.1 Å². The van der Waals surface area contributed by atoms with Crippen molar-refractivity contribution in [3.8, 4) is 0 Å². The molecule has 0 spiro atoms. The molecule has 0 amide bonds. The molecule has 0 aliphatic carbocycles. The molecule has 1 atom stereocenters. The molecular weight excluding hydrogens is 208 g/mol. The van der Waals surface area contributed by atoms with E-state index in [0.29, 0.717) is 6.04 Å². The molecule has 2 heteroatoms. The second kappa shape index (κ2) is 7.44. The van der Waals surface area contributed by atoms with Gasteiger partial charge in [-0.3, -0.25) is 4.98 Å². The van der Waals surface area contributed by atoms with Crippen LogP contribution in [0.2, 0.25) is 0 Å². The number of hydrogen-bond donors (Lipinski definition) is 1. The van der Waals surface area contributed by atoms with Crippen LogP contribution in [-0.4, -0.2) is 17.6 Å². The highest BCUT2D eigenvalue weighted by atomic mass is 14.9. The lowest BCUT2D eigenvalue weighted by Gasteiger charge is -2.20. The molecule has 96 valence electrons. The summed E-state index contributed by atoms with van der Waals surface area (Å²) in [5.41, 5.74) is 2.43. The summed E-state index contributed by atoms with van der Waals surface area (Å²) in [4.78, 5) is 4.49.